The molecule has 52 valence electrons. The van der Waals surface area contributed by atoms with Crippen LogP contribution in [0.5, 0.6) is 0 Å². The highest BCUT2D eigenvalue weighted by Gasteiger charge is 1.89. The van der Waals surface area contributed by atoms with Gasteiger partial charge in [0.2, 0.25) is 0 Å². The average Bonchev–Trinajstić information content (AvgIpc) is 2.01. The Kier molecular flexibility index (Phi) is 5.96. The van der Waals surface area contributed by atoms with Gasteiger partial charge >= 0.3 is 0 Å². The first kappa shape index (κ1) is 9.67. The van der Waals surface area contributed by atoms with E-state index in [1.807, 2.05) is 6.66 Å². The van der Waals surface area contributed by atoms with Crippen LogP contribution in [0, 0.1) is 48.1 Å². The lowest BCUT2D eigenvalue weighted by Crippen LogP contribution is -1.72. The van der Waals surface area contributed by atoms with Gasteiger partial charge in [0.1, 0.15) is 0 Å². The third-order valence-corrected chi connectivity index (χ3v) is 1.92. The van der Waals surface area contributed by atoms with Crippen LogP contribution in [0.1, 0.15) is 0 Å². The molecule has 0 aromatic rings. The van der Waals surface area contributed by atoms with Gasteiger partial charge in [-0.25, -0.2) is 0 Å². The van der Waals surface area contributed by atoms with Crippen LogP contribution >= 0.6 is 7.92 Å². The molecule has 0 N–H and O–H groups in total. The maximum absolute atomic E-state index is 4.95. The van der Waals surface area contributed by atoms with E-state index in [1.54, 1.807) is 0 Å². The molecule has 11 heavy (non-hydrogen) atoms. The molecule has 0 spiro atoms. The molecule has 0 aromatic heterocycles. The Morgan fingerprint density at radius 1 is 1.18 bits per heavy atom. The van der Waals surface area contributed by atoms with E-state index in [-0.39, 0.29) is 7.92 Å². The molecule has 0 radical (unpaired) electrons. The molecule has 1 atom stereocenters. The fourth-order valence-electron chi connectivity index (χ4n) is 0.376. The largest absolute Gasteiger partial charge is 0.106 e. The smallest absolute Gasteiger partial charge is 0.0411 e. The van der Waals surface area contributed by atoms with Gasteiger partial charge in [-0.1, -0.05) is 11.6 Å². The zero-order valence-electron chi connectivity index (χ0n) is 6.31. The zero-order valence-corrected chi connectivity index (χ0v) is 7.20. The molecule has 0 saturated heterocycles. The Hall–Kier alpha value is -1.33. The maximum Gasteiger partial charge on any atom is 0.0411 e. The van der Waals surface area contributed by atoms with Crippen LogP contribution in [0.3, 0.4) is 0 Å². The first-order valence-electron chi connectivity index (χ1n) is 2.92. The van der Waals surface area contributed by atoms with Crippen molar-refractivity contribution in [1.29, 1.82) is 0 Å². The summed E-state index contributed by atoms with van der Waals surface area (Å²) in [6.07, 6.45) is 10.6. The number of hydrogen-bond donors (Lipinski definition) is 0. The average molecular weight is 158 g/mol. The summed E-state index contributed by atoms with van der Waals surface area (Å²) in [4.78, 5) is 0. The van der Waals surface area contributed by atoms with Crippen molar-refractivity contribution in [2.24, 2.45) is 0 Å². The molecular formula is C10H7P. The van der Waals surface area contributed by atoms with E-state index < -0.39 is 0 Å². The molecule has 0 nitrogen and oxygen atoms in total. The Bertz CT molecular complexity index is 303. The standard InChI is InChI=1S/C10H7P/c1-4-6-8-10-11(3)9-7-5-2/h1-2H,10H2,3H3. The van der Waals surface area contributed by atoms with Crippen LogP contribution < -0.4 is 0 Å². The van der Waals surface area contributed by atoms with Crippen LogP contribution in [0.15, 0.2) is 0 Å². The fraction of sp³-hybridized carbons (Fsp3) is 0.200. The van der Waals surface area contributed by atoms with Crippen LogP contribution in [0.25, 0.3) is 0 Å². The molecule has 0 bridgehead atoms. The van der Waals surface area contributed by atoms with Crippen molar-refractivity contribution in [2.45, 2.75) is 0 Å². The molecule has 0 aliphatic rings. The normalized spacial score (nSPS) is 8.64. The van der Waals surface area contributed by atoms with Crippen LogP contribution in [0.2, 0.25) is 0 Å². The van der Waals surface area contributed by atoms with Crippen molar-refractivity contribution >= 4 is 7.92 Å². The lowest BCUT2D eigenvalue weighted by molar-refractivity contribution is 1.89. The summed E-state index contributed by atoms with van der Waals surface area (Å²) in [5, 5.41) is 0. The highest BCUT2D eigenvalue weighted by molar-refractivity contribution is 7.62. The van der Waals surface area contributed by atoms with Gasteiger partial charge in [-0.2, -0.15) is 0 Å². The molecule has 0 aliphatic carbocycles. The molecule has 0 aliphatic heterocycles. The second-order valence-corrected chi connectivity index (χ2v) is 3.62. The second kappa shape index (κ2) is 6.79. The Morgan fingerprint density at radius 3 is 2.36 bits per heavy atom. The minimum atomic E-state index is -0.371. The van der Waals surface area contributed by atoms with Crippen molar-refractivity contribution in [2.75, 3.05) is 12.8 Å². The van der Waals surface area contributed by atoms with E-state index in [2.05, 4.69) is 35.3 Å². The molecule has 0 fully saturated rings. The van der Waals surface area contributed by atoms with Crippen molar-refractivity contribution < 1.29 is 0 Å². The molecular weight excluding hydrogens is 151 g/mol. The summed E-state index contributed by atoms with van der Waals surface area (Å²) in [6, 6.07) is 0. The first-order valence-corrected chi connectivity index (χ1v) is 4.89. The van der Waals surface area contributed by atoms with E-state index in [4.69, 9.17) is 12.8 Å². The summed E-state index contributed by atoms with van der Waals surface area (Å²) in [5.74, 6) is 12.4. The predicted octanol–water partition coefficient (Wildman–Crippen LogP) is 1.33. The predicted molar refractivity (Wildman–Crippen MR) is 50.9 cm³/mol. The molecule has 0 aromatic carbocycles. The molecule has 1 heteroatoms. The van der Waals surface area contributed by atoms with Crippen molar-refractivity contribution in [1.82, 2.24) is 0 Å². The zero-order chi connectivity index (χ0) is 8.53. The lowest BCUT2D eigenvalue weighted by atomic mass is 10.6. The van der Waals surface area contributed by atoms with Crippen molar-refractivity contribution in [3.05, 3.63) is 0 Å². The monoisotopic (exact) mass is 158 g/mol. The number of terminal acetylenes is 2. The summed E-state index contributed by atoms with van der Waals surface area (Å²) in [7, 11) is -0.371. The minimum Gasteiger partial charge on any atom is -0.106 e. The summed E-state index contributed by atoms with van der Waals surface area (Å²) in [5.41, 5.74) is 2.90. The van der Waals surface area contributed by atoms with E-state index in [0.717, 1.165) is 6.16 Å². The van der Waals surface area contributed by atoms with Gasteiger partial charge < -0.3 is 0 Å². The van der Waals surface area contributed by atoms with Gasteiger partial charge in [0.05, 0.1) is 0 Å². The topological polar surface area (TPSA) is 0 Å². The summed E-state index contributed by atoms with van der Waals surface area (Å²) >= 11 is 0. The van der Waals surface area contributed by atoms with Crippen molar-refractivity contribution in [3.63, 3.8) is 0 Å². The third-order valence-electron chi connectivity index (χ3n) is 0.796. The van der Waals surface area contributed by atoms with E-state index >= 15 is 0 Å². The minimum absolute atomic E-state index is 0.371. The second-order valence-electron chi connectivity index (χ2n) is 1.68. The summed E-state index contributed by atoms with van der Waals surface area (Å²) < 4.78 is 0. The van der Waals surface area contributed by atoms with Crippen LogP contribution in [0.4, 0.5) is 0 Å². The van der Waals surface area contributed by atoms with Crippen molar-refractivity contribution in [3.8, 4) is 48.1 Å². The Labute approximate surface area is 69.5 Å². The first-order chi connectivity index (χ1) is 5.31. The third kappa shape index (κ3) is 6.56. The molecule has 1 unspecified atom stereocenters. The molecule has 0 heterocycles. The van der Waals surface area contributed by atoms with Gasteiger partial charge in [-0.05, 0) is 38.3 Å². The van der Waals surface area contributed by atoms with Gasteiger partial charge in [0, 0.05) is 6.16 Å². The number of hydrogen-bond acceptors (Lipinski definition) is 0. The Balaban J connectivity index is 3.83. The van der Waals surface area contributed by atoms with E-state index in [9.17, 15) is 0 Å². The molecule has 0 amide bonds. The summed E-state index contributed by atoms with van der Waals surface area (Å²) in [6.45, 7) is 2.02. The van der Waals surface area contributed by atoms with Crippen LogP contribution in [-0.4, -0.2) is 12.8 Å². The maximum atomic E-state index is 4.95. The van der Waals surface area contributed by atoms with Crippen LogP contribution in [-0.2, 0) is 0 Å². The highest BCUT2D eigenvalue weighted by Crippen LogP contribution is 2.26. The SMILES string of the molecule is C#CC#CCP(C)C#CC#C. The van der Waals surface area contributed by atoms with Gasteiger partial charge in [-0.15, -0.1) is 12.8 Å². The van der Waals surface area contributed by atoms with Gasteiger partial charge in [-0.3, -0.25) is 0 Å². The highest BCUT2D eigenvalue weighted by atomic mass is 31.1. The molecule has 0 rings (SSSR count). The van der Waals surface area contributed by atoms with Gasteiger partial charge in [0.15, 0.2) is 0 Å². The lowest BCUT2D eigenvalue weighted by Gasteiger charge is -1.92. The van der Waals surface area contributed by atoms with E-state index in [1.165, 1.54) is 0 Å². The van der Waals surface area contributed by atoms with Gasteiger partial charge in [0.25, 0.3) is 0 Å². The quantitative estimate of drug-likeness (QED) is 0.399. The number of rotatable bonds is 1. The fourth-order valence-corrected chi connectivity index (χ4v) is 1.03. The Morgan fingerprint density at radius 2 is 1.82 bits per heavy atom. The van der Waals surface area contributed by atoms with E-state index in [0.29, 0.717) is 0 Å². The molecule has 0 saturated carbocycles.